The molecule has 4 N–H and O–H groups in total. The molecule has 0 amide bonds. The van der Waals surface area contributed by atoms with E-state index in [0.717, 1.165) is 0 Å². The molecule has 0 fully saturated rings. The number of rotatable bonds is 0. The molecule has 0 heterocycles. The minimum absolute atomic E-state index is 0. The van der Waals surface area contributed by atoms with E-state index < -0.39 is 72.5 Å². The van der Waals surface area contributed by atoms with Crippen molar-refractivity contribution in [2.24, 2.45) is 0 Å². The number of ketones is 4. The van der Waals surface area contributed by atoms with Crippen molar-refractivity contribution in [2.75, 3.05) is 0 Å². The Morgan fingerprint density at radius 2 is 0.286 bits per heavy atom. The molecule has 5 nitrogen and oxygen atoms in total. The summed E-state index contributed by atoms with van der Waals surface area (Å²) >= 11 is 0. The molecule has 0 aromatic rings. The summed E-state index contributed by atoms with van der Waals surface area (Å²) < 4.78 is 261. The third-order valence-corrected chi connectivity index (χ3v) is 2.06. The van der Waals surface area contributed by atoms with Crippen LogP contribution < -0.4 is 6.15 Å². The monoisotopic (exact) mass is 846 g/mol. The van der Waals surface area contributed by atoms with E-state index in [4.69, 9.17) is 0 Å². The van der Waals surface area contributed by atoms with Gasteiger partial charge in [0, 0.05) is 0 Å². The fourth-order valence-electron chi connectivity index (χ4n) is 0.643. The first kappa shape index (κ1) is 52.8. The fourth-order valence-corrected chi connectivity index (χ4v) is 0.643. The molecule has 0 aromatic carbocycles. The predicted molar refractivity (Wildman–Crippen MR) is 74.5 cm³/mol. The van der Waals surface area contributed by atoms with Crippen LogP contribution in [0.15, 0.2) is 0 Å². The third-order valence-electron chi connectivity index (χ3n) is 2.06. The fraction of sp³-hybridized carbons (Fsp3) is 0.667. The van der Waals surface area contributed by atoms with Crippen LogP contribution in [0, 0.1) is 38.2 Å². The summed E-state index contributed by atoms with van der Waals surface area (Å²) in [4.78, 5) is 36.9. The summed E-state index contributed by atoms with van der Waals surface area (Å²) in [6.07, 6.45) is -46.6. The quantitative estimate of drug-likeness (QED) is 0.263. The minimum Gasteiger partial charge on any atom is -0.369 e. The standard InChI is InChI=1S/4C3F6O.Dy.H3N/c4*4-2(5,6)1(10)3(7,8)9;;/h;;;;;1H3/q;;;;+3;/p+1. The molecule has 0 atom stereocenters. The van der Waals surface area contributed by atoms with Gasteiger partial charge in [-0.05, 0) is 0 Å². The molecule has 255 valence electrons. The van der Waals surface area contributed by atoms with Crippen LogP contribution in [-0.4, -0.2) is 72.5 Å². The van der Waals surface area contributed by atoms with Crippen LogP contribution in [0.5, 0.6) is 0 Å². The Balaban J connectivity index is -0.000000101. The molecule has 0 unspecified atom stereocenters. The van der Waals surface area contributed by atoms with Crippen LogP contribution in [0.2, 0.25) is 0 Å². The van der Waals surface area contributed by atoms with Crippen molar-refractivity contribution in [2.45, 2.75) is 49.4 Å². The van der Waals surface area contributed by atoms with Crippen molar-refractivity contribution < 1.29 is 163 Å². The molecule has 0 aromatic heterocycles. The number of hydrogen-bond donors (Lipinski definition) is 1. The van der Waals surface area contributed by atoms with E-state index in [-0.39, 0.29) is 44.3 Å². The first-order valence-corrected chi connectivity index (χ1v) is 7.35. The molecule has 1 radical (unpaired) electrons. The van der Waals surface area contributed by atoms with Gasteiger partial charge in [0.15, 0.2) is 0 Å². The average molecular weight is 845 g/mol. The van der Waals surface area contributed by atoms with E-state index >= 15 is 0 Å². The van der Waals surface area contributed by atoms with Crippen LogP contribution in [-0.2, 0) is 19.2 Å². The first-order valence-electron chi connectivity index (χ1n) is 7.35. The van der Waals surface area contributed by atoms with E-state index in [0.29, 0.717) is 0 Å². The molecule has 42 heavy (non-hydrogen) atoms. The van der Waals surface area contributed by atoms with Gasteiger partial charge in [0.2, 0.25) is 0 Å². The van der Waals surface area contributed by atoms with Crippen molar-refractivity contribution in [3.05, 3.63) is 0 Å². The zero-order valence-corrected chi connectivity index (χ0v) is 20.0. The molecule has 0 saturated heterocycles. The Morgan fingerprint density at radius 3 is 0.286 bits per heavy atom. The first-order chi connectivity index (χ1) is 16.6. The van der Waals surface area contributed by atoms with E-state index in [1.54, 1.807) is 0 Å². The second-order valence-electron chi connectivity index (χ2n) is 5.30. The maximum absolute atomic E-state index is 10.9. The SMILES string of the molecule is O=C(C(F)(F)F)C(F)(F)F.O=C(C(F)(F)F)C(F)(F)F.O=C(C(F)(F)F)C(F)(F)F.O=C(C(F)(F)F)C(F)(F)F.[Dy+3].[NH4+]. The summed E-state index contributed by atoms with van der Waals surface area (Å²) in [6.45, 7) is 0. The van der Waals surface area contributed by atoms with Gasteiger partial charge in [-0.25, -0.2) is 0 Å². The molecule has 0 aliphatic heterocycles. The van der Waals surface area contributed by atoms with E-state index in [1.807, 2.05) is 0 Å². The molecule has 0 aliphatic carbocycles. The van der Waals surface area contributed by atoms with Gasteiger partial charge in [0.05, 0.1) is 0 Å². The normalized spacial score (nSPS) is 12.8. The molecule has 0 saturated carbocycles. The molecule has 0 spiro atoms. The Morgan fingerprint density at radius 1 is 0.238 bits per heavy atom. The predicted octanol–water partition coefficient (Wildman–Crippen LogP) is 7.10. The summed E-state index contributed by atoms with van der Waals surface area (Å²) in [7, 11) is 0. The number of quaternary nitrogens is 1. The number of halogens is 24. The number of alkyl halides is 24. The molecular formula is C12H4DyF24NO4+4. The van der Waals surface area contributed by atoms with E-state index in [1.165, 1.54) is 0 Å². The number of carbonyl (C=O) groups excluding carboxylic acids is 4. The van der Waals surface area contributed by atoms with Crippen molar-refractivity contribution in [1.29, 1.82) is 0 Å². The maximum Gasteiger partial charge on any atom is 3.00 e. The van der Waals surface area contributed by atoms with E-state index in [2.05, 4.69) is 0 Å². The van der Waals surface area contributed by atoms with Crippen LogP contribution >= 0.6 is 0 Å². The van der Waals surface area contributed by atoms with Crippen molar-refractivity contribution in [1.82, 2.24) is 6.15 Å². The topological polar surface area (TPSA) is 105 Å². The van der Waals surface area contributed by atoms with Crippen molar-refractivity contribution in [3.63, 3.8) is 0 Å². The summed E-state index contributed by atoms with van der Waals surface area (Å²) in [5, 5.41) is 0. The summed E-state index contributed by atoms with van der Waals surface area (Å²) in [5.41, 5.74) is 0. The molecule has 0 rings (SSSR count). The van der Waals surface area contributed by atoms with Crippen molar-refractivity contribution in [3.8, 4) is 0 Å². The Bertz CT molecular complexity index is 654. The zero-order chi connectivity index (χ0) is 34.3. The van der Waals surface area contributed by atoms with Crippen LogP contribution in [0.4, 0.5) is 105 Å². The number of Topliss-reactive ketones (excluding diaryl/α,β-unsaturated/α-hetero) is 4. The molecule has 0 bridgehead atoms. The van der Waals surface area contributed by atoms with Gasteiger partial charge in [-0.15, -0.1) is 0 Å². The molecular weight excluding hydrogens is 841 g/mol. The second kappa shape index (κ2) is 16.9. The third kappa shape index (κ3) is 24.8. The van der Waals surface area contributed by atoms with Gasteiger partial charge in [0.25, 0.3) is 0 Å². The Hall–Kier alpha value is -1.77. The van der Waals surface area contributed by atoms with Crippen LogP contribution in [0.25, 0.3) is 0 Å². The molecule has 30 heteroatoms. The summed E-state index contributed by atoms with van der Waals surface area (Å²) in [5.74, 6) is -14.7. The minimum atomic E-state index is -5.82. The van der Waals surface area contributed by atoms with Gasteiger partial charge in [-0.1, -0.05) is 0 Å². The van der Waals surface area contributed by atoms with Crippen molar-refractivity contribution >= 4 is 23.1 Å². The smallest absolute Gasteiger partial charge is 0.369 e. The van der Waals surface area contributed by atoms with Gasteiger partial charge in [-0.3, -0.25) is 19.2 Å². The Labute approximate surface area is 241 Å². The van der Waals surface area contributed by atoms with Gasteiger partial charge in [0.1, 0.15) is 0 Å². The average Bonchev–Trinajstić information content (AvgIpc) is 2.61. The Kier molecular flexibility index (Phi) is 21.3. The maximum atomic E-state index is 10.9. The summed E-state index contributed by atoms with van der Waals surface area (Å²) in [6, 6.07) is 0. The van der Waals surface area contributed by atoms with Crippen LogP contribution in [0.1, 0.15) is 0 Å². The zero-order valence-electron chi connectivity index (χ0n) is 18.0. The number of carbonyl (C=O) groups is 4. The van der Waals surface area contributed by atoms with Gasteiger partial charge in [-0.2, -0.15) is 105 Å². The second-order valence-corrected chi connectivity index (χ2v) is 5.30. The van der Waals surface area contributed by atoms with Gasteiger partial charge >= 0.3 is 111 Å². The largest absolute Gasteiger partial charge is 3.00 e. The van der Waals surface area contributed by atoms with Crippen LogP contribution in [0.3, 0.4) is 0 Å². The molecule has 0 aliphatic rings. The van der Waals surface area contributed by atoms with E-state index in [9.17, 15) is 125 Å². The van der Waals surface area contributed by atoms with Gasteiger partial charge < -0.3 is 6.15 Å². The number of hydrogen-bond acceptors (Lipinski definition) is 4.